The van der Waals surface area contributed by atoms with Gasteiger partial charge in [0.15, 0.2) is 0 Å². The second-order valence-electron chi connectivity index (χ2n) is 4.04. The van der Waals surface area contributed by atoms with E-state index < -0.39 is 0 Å². The number of carbonyl (C=O) groups is 2. The quantitative estimate of drug-likeness (QED) is 0.839. The Labute approximate surface area is 113 Å². The van der Waals surface area contributed by atoms with E-state index in [-0.39, 0.29) is 11.8 Å². The highest BCUT2D eigenvalue weighted by Crippen LogP contribution is 2.21. The number of halogens is 1. The average molecular weight is 319 g/mol. The normalized spacial score (nSPS) is 10.4. The van der Waals surface area contributed by atoms with Crippen LogP contribution in [-0.4, -0.2) is 11.8 Å². The summed E-state index contributed by atoms with van der Waals surface area (Å²) < 4.78 is 0.883. The van der Waals surface area contributed by atoms with E-state index in [0.29, 0.717) is 17.2 Å². The van der Waals surface area contributed by atoms with Crippen molar-refractivity contribution in [2.45, 2.75) is 26.7 Å². The van der Waals surface area contributed by atoms with E-state index >= 15 is 0 Å². The lowest BCUT2D eigenvalue weighted by Crippen LogP contribution is -2.41. The molecule has 4 nitrogen and oxygen atoms in total. The van der Waals surface area contributed by atoms with Gasteiger partial charge in [0.2, 0.25) is 5.91 Å². The van der Waals surface area contributed by atoms with Gasteiger partial charge in [-0.1, -0.05) is 13.8 Å². The minimum absolute atomic E-state index is 0.164. The molecule has 0 aliphatic heterocycles. The van der Waals surface area contributed by atoms with E-state index in [4.69, 9.17) is 0 Å². The van der Waals surface area contributed by atoms with Gasteiger partial charge in [0.05, 0.1) is 8.66 Å². The topological polar surface area (TPSA) is 58.2 Å². The van der Waals surface area contributed by atoms with Crippen molar-refractivity contribution in [3.63, 3.8) is 0 Å². The summed E-state index contributed by atoms with van der Waals surface area (Å²) in [5.74, 6) is 0.0194. The van der Waals surface area contributed by atoms with E-state index in [1.165, 1.54) is 11.3 Å². The molecule has 0 fully saturated rings. The largest absolute Gasteiger partial charge is 0.279 e. The zero-order chi connectivity index (χ0) is 12.8. The second kappa shape index (κ2) is 6.76. The molecule has 0 saturated carbocycles. The van der Waals surface area contributed by atoms with Crippen LogP contribution in [0.15, 0.2) is 15.9 Å². The Morgan fingerprint density at radius 3 is 2.59 bits per heavy atom. The van der Waals surface area contributed by atoms with Gasteiger partial charge in [-0.05, 0) is 40.4 Å². The highest BCUT2D eigenvalue weighted by molar-refractivity contribution is 9.11. The van der Waals surface area contributed by atoms with Crippen LogP contribution >= 0.6 is 27.3 Å². The number of carbonyl (C=O) groups excluding carboxylic acids is 2. The molecule has 1 aromatic rings. The van der Waals surface area contributed by atoms with Crippen LogP contribution < -0.4 is 10.9 Å². The van der Waals surface area contributed by atoms with E-state index in [1.54, 1.807) is 12.1 Å². The van der Waals surface area contributed by atoms with Crippen molar-refractivity contribution in [2.24, 2.45) is 5.92 Å². The van der Waals surface area contributed by atoms with E-state index in [0.717, 1.165) is 10.2 Å². The molecule has 0 saturated heterocycles. The van der Waals surface area contributed by atoms with Crippen LogP contribution in [0.25, 0.3) is 0 Å². The number of nitrogens with one attached hydrogen (secondary N) is 2. The Kier molecular flexibility index (Phi) is 5.64. The SMILES string of the molecule is CC(C)CCC(=O)NNC(=O)c1ccc(Br)s1. The Hall–Kier alpha value is -0.880. The second-order valence-corrected chi connectivity index (χ2v) is 6.50. The predicted octanol–water partition coefficient (Wildman–Crippen LogP) is 2.71. The number of thiophene rings is 1. The molecule has 0 aromatic carbocycles. The lowest BCUT2D eigenvalue weighted by atomic mass is 10.1. The first-order valence-electron chi connectivity index (χ1n) is 5.33. The van der Waals surface area contributed by atoms with Gasteiger partial charge in [0.1, 0.15) is 0 Å². The standard InChI is InChI=1S/C11H15BrN2O2S/c1-7(2)3-6-10(15)13-14-11(16)8-4-5-9(12)17-8/h4-5,7H,3,6H2,1-2H3,(H,13,15)(H,14,16). The van der Waals surface area contributed by atoms with Crippen LogP contribution in [-0.2, 0) is 4.79 Å². The van der Waals surface area contributed by atoms with Crippen LogP contribution in [0, 0.1) is 5.92 Å². The smallest absolute Gasteiger partial charge is 0.273 e. The molecule has 0 unspecified atom stereocenters. The molecule has 0 atom stereocenters. The average Bonchev–Trinajstić information content (AvgIpc) is 2.70. The molecular formula is C11H15BrN2O2S. The number of amides is 2. The maximum atomic E-state index is 11.6. The minimum atomic E-state index is -0.293. The van der Waals surface area contributed by atoms with Crippen molar-refractivity contribution in [3.05, 3.63) is 20.8 Å². The molecule has 0 aliphatic rings. The third kappa shape index (κ3) is 5.32. The van der Waals surface area contributed by atoms with Crippen LogP contribution in [0.4, 0.5) is 0 Å². The van der Waals surface area contributed by atoms with Gasteiger partial charge in [0, 0.05) is 6.42 Å². The van der Waals surface area contributed by atoms with Crippen molar-refractivity contribution < 1.29 is 9.59 Å². The van der Waals surface area contributed by atoms with Crippen molar-refractivity contribution >= 4 is 39.1 Å². The summed E-state index contributed by atoms with van der Waals surface area (Å²) in [6.45, 7) is 4.10. The lowest BCUT2D eigenvalue weighted by Gasteiger charge is -2.07. The molecule has 94 valence electrons. The number of hydrazine groups is 1. The van der Waals surface area contributed by atoms with Crippen LogP contribution in [0.2, 0.25) is 0 Å². The maximum absolute atomic E-state index is 11.6. The Balaban J connectivity index is 2.31. The van der Waals surface area contributed by atoms with Crippen molar-refractivity contribution in [1.82, 2.24) is 10.9 Å². The van der Waals surface area contributed by atoms with Gasteiger partial charge in [-0.25, -0.2) is 0 Å². The molecule has 1 heterocycles. The number of hydrogen-bond acceptors (Lipinski definition) is 3. The third-order valence-corrected chi connectivity index (χ3v) is 3.68. The third-order valence-electron chi connectivity index (χ3n) is 2.06. The van der Waals surface area contributed by atoms with Crippen LogP contribution in [0.3, 0.4) is 0 Å². The molecule has 17 heavy (non-hydrogen) atoms. The lowest BCUT2D eigenvalue weighted by molar-refractivity contribution is -0.122. The molecule has 0 aliphatic carbocycles. The molecule has 1 rings (SSSR count). The monoisotopic (exact) mass is 318 g/mol. The molecule has 0 bridgehead atoms. The fourth-order valence-electron chi connectivity index (χ4n) is 1.11. The van der Waals surface area contributed by atoms with E-state index in [2.05, 4.69) is 40.6 Å². The van der Waals surface area contributed by atoms with Crippen LogP contribution in [0.5, 0.6) is 0 Å². The van der Waals surface area contributed by atoms with E-state index in [9.17, 15) is 9.59 Å². The molecule has 6 heteroatoms. The van der Waals surface area contributed by atoms with Gasteiger partial charge in [-0.15, -0.1) is 11.3 Å². The highest BCUT2D eigenvalue weighted by atomic mass is 79.9. The summed E-state index contributed by atoms with van der Waals surface area (Å²) in [5.41, 5.74) is 4.79. The predicted molar refractivity (Wildman–Crippen MR) is 71.7 cm³/mol. The fraction of sp³-hybridized carbons (Fsp3) is 0.455. The van der Waals surface area contributed by atoms with Gasteiger partial charge < -0.3 is 0 Å². The first-order chi connectivity index (χ1) is 7.99. The van der Waals surface area contributed by atoms with Crippen LogP contribution in [0.1, 0.15) is 36.4 Å². The molecule has 2 amide bonds. The summed E-state index contributed by atoms with van der Waals surface area (Å²) in [7, 11) is 0. The zero-order valence-corrected chi connectivity index (χ0v) is 12.2. The molecule has 2 N–H and O–H groups in total. The van der Waals surface area contributed by atoms with Gasteiger partial charge in [-0.2, -0.15) is 0 Å². The molecule has 0 spiro atoms. The summed E-state index contributed by atoms with van der Waals surface area (Å²) >= 11 is 4.59. The van der Waals surface area contributed by atoms with Gasteiger partial charge in [0.25, 0.3) is 5.91 Å². The van der Waals surface area contributed by atoms with Crippen molar-refractivity contribution in [1.29, 1.82) is 0 Å². The first kappa shape index (κ1) is 14.2. The fourth-order valence-corrected chi connectivity index (χ4v) is 2.39. The van der Waals surface area contributed by atoms with Crippen molar-refractivity contribution in [3.8, 4) is 0 Å². The summed E-state index contributed by atoms with van der Waals surface area (Å²) in [4.78, 5) is 23.5. The number of rotatable bonds is 4. The Morgan fingerprint density at radius 2 is 2.06 bits per heavy atom. The van der Waals surface area contributed by atoms with E-state index in [1.807, 2.05) is 0 Å². The Bertz CT molecular complexity index is 404. The van der Waals surface area contributed by atoms with Crippen molar-refractivity contribution in [2.75, 3.05) is 0 Å². The molecular weight excluding hydrogens is 304 g/mol. The number of hydrogen-bond donors (Lipinski definition) is 2. The summed E-state index contributed by atoms with van der Waals surface area (Å²) in [6, 6.07) is 3.49. The Morgan fingerprint density at radius 1 is 1.35 bits per heavy atom. The zero-order valence-electron chi connectivity index (χ0n) is 9.75. The summed E-state index contributed by atoms with van der Waals surface area (Å²) in [6.07, 6.45) is 1.23. The summed E-state index contributed by atoms with van der Waals surface area (Å²) in [5, 5.41) is 0. The molecule has 0 radical (unpaired) electrons. The maximum Gasteiger partial charge on any atom is 0.279 e. The minimum Gasteiger partial charge on any atom is -0.273 e. The first-order valence-corrected chi connectivity index (χ1v) is 6.94. The highest BCUT2D eigenvalue weighted by Gasteiger charge is 2.09. The van der Waals surface area contributed by atoms with Gasteiger partial charge in [-0.3, -0.25) is 20.4 Å². The van der Waals surface area contributed by atoms with Gasteiger partial charge >= 0.3 is 0 Å². The molecule has 1 aromatic heterocycles.